The molecule has 2 unspecified atom stereocenters. The van der Waals surface area contributed by atoms with E-state index in [1.54, 1.807) is 0 Å². The molecule has 0 saturated carbocycles. The Labute approximate surface area is 92.7 Å². The van der Waals surface area contributed by atoms with Crippen LogP contribution in [0.2, 0.25) is 0 Å². The van der Waals surface area contributed by atoms with Crippen LogP contribution in [0.5, 0.6) is 0 Å². The first-order valence-corrected chi connectivity index (χ1v) is 5.82. The van der Waals surface area contributed by atoms with E-state index >= 15 is 0 Å². The minimum absolute atomic E-state index is 0.379. The highest BCUT2D eigenvalue weighted by Crippen LogP contribution is 2.18. The number of halogens is 1. The smallest absolute Gasteiger partial charge is 0.106 e. The van der Waals surface area contributed by atoms with Gasteiger partial charge in [-0.05, 0) is 17.5 Å². The summed E-state index contributed by atoms with van der Waals surface area (Å²) in [5.74, 6) is 0. The summed E-state index contributed by atoms with van der Waals surface area (Å²) in [6.07, 6.45) is -0.569. The zero-order valence-electron chi connectivity index (χ0n) is 8.15. The molecule has 2 atom stereocenters. The Kier molecular flexibility index (Phi) is 4.58. The van der Waals surface area contributed by atoms with Crippen LogP contribution in [0.15, 0.2) is 24.3 Å². The molecule has 0 amide bonds. The lowest BCUT2D eigenvalue weighted by molar-refractivity contribution is 0.0343. The van der Waals surface area contributed by atoms with Gasteiger partial charge in [0.2, 0.25) is 0 Å². The molecular formula is C11H15BrO2. The average Bonchev–Trinajstić information content (AvgIpc) is 2.27. The fourth-order valence-electron chi connectivity index (χ4n) is 1.26. The number of benzene rings is 1. The highest BCUT2D eigenvalue weighted by atomic mass is 79.9. The quantitative estimate of drug-likeness (QED) is 0.812. The van der Waals surface area contributed by atoms with E-state index in [-0.39, 0.29) is 0 Å². The van der Waals surface area contributed by atoms with Crippen molar-refractivity contribution in [3.05, 3.63) is 35.4 Å². The van der Waals surface area contributed by atoms with Crippen molar-refractivity contribution in [1.82, 2.24) is 0 Å². The van der Waals surface area contributed by atoms with Gasteiger partial charge in [-0.25, -0.2) is 0 Å². The zero-order valence-corrected chi connectivity index (χ0v) is 9.74. The van der Waals surface area contributed by atoms with Gasteiger partial charge < -0.3 is 10.2 Å². The summed E-state index contributed by atoms with van der Waals surface area (Å²) in [4.78, 5) is 0. The van der Waals surface area contributed by atoms with Gasteiger partial charge in [0.15, 0.2) is 0 Å². The van der Waals surface area contributed by atoms with Gasteiger partial charge in [0.1, 0.15) is 6.10 Å². The minimum atomic E-state index is -0.805. The molecule has 0 fully saturated rings. The van der Waals surface area contributed by atoms with Crippen LogP contribution < -0.4 is 0 Å². The van der Waals surface area contributed by atoms with Crippen LogP contribution in [0.4, 0.5) is 0 Å². The number of rotatable bonds is 4. The van der Waals surface area contributed by atoms with Crippen molar-refractivity contribution in [3.63, 3.8) is 0 Å². The molecule has 0 aliphatic rings. The Morgan fingerprint density at radius 3 is 2.21 bits per heavy atom. The zero-order chi connectivity index (χ0) is 10.6. The van der Waals surface area contributed by atoms with Gasteiger partial charge in [-0.2, -0.15) is 0 Å². The van der Waals surface area contributed by atoms with E-state index in [9.17, 15) is 10.2 Å². The SMILES string of the molecule is CCc1ccc(C(O)C(O)CBr)cc1. The van der Waals surface area contributed by atoms with Crippen molar-refractivity contribution < 1.29 is 10.2 Å². The number of hydrogen-bond donors (Lipinski definition) is 2. The van der Waals surface area contributed by atoms with Crippen LogP contribution in [0.1, 0.15) is 24.2 Å². The molecule has 0 bridgehead atoms. The molecule has 0 radical (unpaired) electrons. The van der Waals surface area contributed by atoms with E-state index in [1.807, 2.05) is 24.3 Å². The third-order valence-electron chi connectivity index (χ3n) is 2.25. The third-order valence-corrected chi connectivity index (χ3v) is 2.92. The van der Waals surface area contributed by atoms with E-state index in [4.69, 9.17) is 0 Å². The fraction of sp³-hybridized carbons (Fsp3) is 0.455. The van der Waals surface area contributed by atoms with Crippen molar-refractivity contribution in [3.8, 4) is 0 Å². The summed E-state index contributed by atoms with van der Waals surface area (Å²) in [5.41, 5.74) is 1.99. The summed E-state index contributed by atoms with van der Waals surface area (Å²) in [6, 6.07) is 7.66. The Morgan fingerprint density at radius 2 is 1.79 bits per heavy atom. The highest BCUT2D eigenvalue weighted by Gasteiger charge is 2.16. The molecule has 2 N–H and O–H groups in total. The molecule has 0 saturated heterocycles. The second kappa shape index (κ2) is 5.49. The monoisotopic (exact) mass is 258 g/mol. The molecule has 14 heavy (non-hydrogen) atoms. The van der Waals surface area contributed by atoms with Gasteiger partial charge in [0, 0.05) is 5.33 Å². The standard InChI is InChI=1S/C11H15BrO2/c1-2-8-3-5-9(6-4-8)11(14)10(13)7-12/h3-6,10-11,13-14H,2,7H2,1H3. The molecule has 1 rings (SSSR count). The van der Waals surface area contributed by atoms with Crippen LogP contribution in [-0.4, -0.2) is 21.6 Å². The maximum absolute atomic E-state index is 9.67. The first-order chi connectivity index (χ1) is 6.69. The van der Waals surface area contributed by atoms with Crippen molar-refractivity contribution in [2.45, 2.75) is 25.6 Å². The summed E-state index contributed by atoms with van der Waals surface area (Å²) in [7, 11) is 0. The Balaban J connectivity index is 2.75. The lowest BCUT2D eigenvalue weighted by atomic mass is 10.0. The van der Waals surface area contributed by atoms with Crippen LogP contribution >= 0.6 is 15.9 Å². The maximum Gasteiger partial charge on any atom is 0.106 e. The number of aliphatic hydroxyl groups is 2. The average molecular weight is 259 g/mol. The summed E-state index contributed by atoms with van der Waals surface area (Å²) < 4.78 is 0. The fourth-order valence-corrected chi connectivity index (χ4v) is 1.61. The van der Waals surface area contributed by atoms with E-state index in [0.717, 1.165) is 12.0 Å². The Hall–Kier alpha value is -0.380. The number of alkyl halides is 1. The van der Waals surface area contributed by atoms with Gasteiger partial charge in [-0.15, -0.1) is 0 Å². The van der Waals surface area contributed by atoms with Gasteiger partial charge in [0.05, 0.1) is 6.10 Å². The van der Waals surface area contributed by atoms with Crippen LogP contribution in [0, 0.1) is 0 Å². The molecule has 0 aliphatic carbocycles. The molecule has 0 spiro atoms. The predicted molar refractivity (Wildman–Crippen MR) is 60.6 cm³/mol. The molecule has 3 heteroatoms. The Bertz CT molecular complexity index is 271. The van der Waals surface area contributed by atoms with E-state index in [2.05, 4.69) is 22.9 Å². The number of aryl methyl sites for hydroxylation is 1. The third kappa shape index (κ3) is 2.80. The topological polar surface area (TPSA) is 40.5 Å². The lowest BCUT2D eigenvalue weighted by Crippen LogP contribution is -2.19. The molecule has 0 aromatic heterocycles. The molecule has 1 aromatic carbocycles. The first kappa shape index (κ1) is 11.7. The molecule has 2 nitrogen and oxygen atoms in total. The maximum atomic E-state index is 9.67. The Morgan fingerprint density at radius 1 is 1.21 bits per heavy atom. The normalized spacial score (nSPS) is 15.1. The summed E-state index contributed by atoms with van der Waals surface area (Å²) in [6.45, 7) is 2.08. The number of aliphatic hydroxyl groups excluding tert-OH is 2. The van der Waals surface area contributed by atoms with Gasteiger partial charge in [-0.3, -0.25) is 0 Å². The molecular weight excluding hydrogens is 244 g/mol. The van der Waals surface area contributed by atoms with Gasteiger partial charge >= 0.3 is 0 Å². The molecule has 78 valence electrons. The van der Waals surface area contributed by atoms with E-state index in [0.29, 0.717) is 5.33 Å². The summed E-state index contributed by atoms with van der Waals surface area (Å²) >= 11 is 3.13. The van der Waals surface area contributed by atoms with Crippen LogP contribution in [0.3, 0.4) is 0 Å². The second-order valence-electron chi connectivity index (χ2n) is 3.26. The number of hydrogen-bond acceptors (Lipinski definition) is 2. The predicted octanol–water partition coefficient (Wildman–Crippen LogP) is 2.04. The van der Waals surface area contributed by atoms with Crippen molar-refractivity contribution in [2.24, 2.45) is 0 Å². The van der Waals surface area contributed by atoms with Crippen molar-refractivity contribution in [1.29, 1.82) is 0 Å². The minimum Gasteiger partial charge on any atom is -0.389 e. The van der Waals surface area contributed by atoms with Gasteiger partial charge in [0.25, 0.3) is 0 Å². The molecule has 0 aliphatic heterocycles. The van der Waals surface area contributed by atoms with E-state index < -0.39 is 12.2 Å². The first-order valence-electron chi connectivity index (χ1n) is 4.70. The lowest BCUT2D eigenvalue weighted by Gasteiger charge is -2.15. The largest absolute Gasteiger partial charge is 0.389 e. The van der Waals surface area contributed by atoms with Crippen molar-refractivity contribution in [2.75, 3.05) is 5.33 Å². The highest BCUT2D eigenvalue weighted by molar-refractivity contribution is 9.09. The van der Waals surface area contributed by atoms with Crippen LogP contribution in [0.25, 0.3) is 0 Å². The van der Waals surface area contributed by atoms with Gasteiger partial charge in [-0.1, -0.05) is 47.1 Å². The van der Waals surface area contributed by atoms with E-state index in [1.165, 1.54) is 5.56 Å². The molecule has 0 heterocycles. The summed E-state index contributed by atoms with van der Waals surface area (Å²) in [5, 5.41) is 19.5. The van der Waals surface area contributed by atoms with Crippen LogP contribution in [-0.2, 0) is 6.42 Å². The van der Waals surface area contributed by atoms with Crippen molar-refractivity contribution >= 4 is 15.9 Å². The second-order valence-corrected chi connectivity index (χ2v) is 3.91. The molecule has 1 aromatic rings.